The number of amides is 2. The molecule has 2 amide bonds. The Morgan fingerprint density at radius 2 is 1.86 bits per heavy atom. The fraction of sp³-hybridized carbons (Fsp3) is 0.176. The number of rotatable bonds is 2. The minimum absolute atomic E-state index is 0.209. The molecule has 0 unspecified atom stereocenters. The second-order valence-corrected chi connectivity index (χ2v) is 5.14. The molecule has 1 aliphatic heterocycles. The molecule has 2 aromatic rings. The SMILES string of the molecule is Cc1cccc(N2C(=O)Cc3ccccc3C2=O)c1CN. The summed E-state index contributed by atoms with van der Waals surface area (Å²) >= 11 is 0. The van der Waals surface area contributed by atoms with Crippen molar-refractivity contribution < 1.29 is 9.59 Å². The molecular weight excluding hydrogens is 264 g/mol. The molecule has 0 atom stereocenters. The van der Waals surface area contributed by atoms with Crippen LogP contribution in [0.3, 0.4) is 0 Å². The highest BCUT2D eigenvalue weighted by atomic mass is 16.2. The van der Waals surface area contributed by atoms with Crippen LogP contribution in [-0.2, 0) is 17.8 Å². The van der Waals surface area contributed by atoms with Crippen molar-refractivity contribution in [2.45, 2.75) is 19.9 Å². The molecule has 0 fully saturated rings. The summed E-state index contributed by atoms with van der Waals surface area (Å²) in [5, 5.41) is 0. The van der Waals surface area contributed by atoms with Crippen LogP contribution in [-0.4, -0.2) is 11.8 Å². The summed E-state index contributed by atoms with van der Waals surface area (Å²) in [4.78, 5) is 26.3. The van der Waals surface area contributed by atoms with Crippen LogP contribution in [0.1, 0.15) is 27.0 Å². The number of aryl methyl sites for hydroxylation is 1. The van der Waals surface area contributed by atoms with Crippen molar-refractivity contribution in [2.75, 3.05) is 4.90 Å². The third-order valence-corrected chi connectivity index (χ3v) is 3.87. The zero-order valence-electron chi connectivity index (χ0n) is 11.8. The number of nitrogens with two attached hydrogens (primary N) is 1. The number of nitrogens with zero attached hydrogens (tertiary/aromatic N) is 1. The summed E-state index contributed by atoms with van der Waals surface area (Å²) in [6, 6.07) is 12.8. The summed E-state index contributed by atoms with van der Waals surface area (Å²) in [7, 11) is 0. The van der Waals surface area contributed by atoms with Gasteiger partial charge in [0.15, 0.2) is 0 Å². The highest BCUT2D eigenvalue weighted by Crippen LogP contribution is 2.29. The van der Waals surface area contributed by atoms with Crippen LogP contribution in [0.5, 0.6) is 0 Å². The Labute approximate surface area is 123 Å². The first-order chi connectivity index (χ1) is 10.1. The van der Waals surface area contributed by atoms with E-state index in [2.05, 4.69) is 0 Å². The highest BCUT2D eigenvalue weighted by Gasteiger charge is 2.33. The Balaban J connectivity index is 2.14. The number of carbonyl (C=O) groups excluding carboxylic acids is 2. The lowest BCUT2D eigenvalue weighted by Crippen LogP contribution is -2.43. The van der Waals surface area contributed by atoms with E-state index in [1.165, 1.54) is 4.90 Å². The molecule has 2 aromatic carbocycles. The van der Waals surface area contributed by atoms with Crippen LogP contribution < -0.4 is 10.6 Å². The maximum Gasteiger partial charge on any atom is 0.265 e. The fourth-order valence-electron chi connectivity index (χ4n) is 2.76. The number of carbonyl (C=O) groups is 2. The second-order valence-electron chi connectivity index (χ2n) is 5.14. The standard InChI is InChI=1S/C17H16N2O2/c1-11-5-4-8-15(14(11)10-18)19-16(20)9-12-6-2-3-7-13(12)17(19)21/h2-8H,9-10,18H2,1H3. The molecule has 1 heterocycles. The molecule has 2 N–H and O–H groups in total. The molecule has 3 rings (SSSR count). The molecule has 0 saturated heterocycles. The van der Waals surface area contributed by atoms with Crippen molar-refractivity contribution in [3.05, 3.63) is 64.7 Å². The number of fused-ring (bicyclic) bond motifs is 1. The summed E-state index contributed by atoms with van der Waals surface area (Å²) in [6.07, 6.45) is 0.236. The van der Waals surface area contributed by atoms with E-state index < -0.39 is 0 Å². The van der Waals surface area contributed by atoms with E-state index in [0.717, 1.165) is 16.7 Å². The van der Waals surface area contributed by atoms with Gasteiger partial charge in [-0.25, -0.2) is 4.90 Å². The summed E-state index contributed by atoms with van der Waals surface area (Å²) in [6.45, 7) is 2.22. The number of hydrogen-bond acceptors (Lipinski definition) is 3. The molecule has 0 aromatic heterocycles. The van der Waals surface area contributed by atoms with Crippen LogP contribution >= 0.6 is 0 Å². The number of benzene rings is 2. The summed E-state index contributed by atoms with van der Waals surface area (Å²) < 4.78 is 0. The van der Waals surface area contributed by atoms with Crippen LogP contribution in [0.15, 0.2) is 42.5 Å². The van der Waals surface area contributed by atoms with Gasteiger partial charge in [-0.1, -0.05) is 30.3 Å². The van der Waals surface area contributed by atoms with Crippen molar-refractivity contribution in [1.29, 1.82) is 0 Å². The van der Waals surface area contributed by atoms with Crippen molar-refractivity contribution in [2.24, 2.45) is 5.73 Å². The molecule has 106 valence electrons. The minimum atomic E-state index is -0.276. The Hall–Kier alpha value is -2.46. The van der Waals surface area contributed by atoms with E-state index in [9.17, 15) is 9.59 Å². The molecule has 0 aliphatic carbocycles. The van der Waals surface area contributed by atoms with Gasteiger partial charge in [0.1, 0.15) is 0 Å². The van der Waals surface area contributed by atoms with E-state index in [-0.39, 0.29) is 18.2 Å². The lowest BCUT2D eigenvalue weighted by atomic mass is 9.96. The van der Waals surface area contributed by atoms with Crippen LogP contribution in [0, 0.1) is 6.92 Å². The van der Waals surface area contributed by atoms with Crippen molar-refractivity contribution >= 4 is 17.5 Å². The molecule has 0 bridgehead atoms. The van der Waals surface area contributed by atoms with Gasteiger partial charge in [0.2, 0.25) is 5.91 Å². The second kappa shape index (κ2) is 5.14. The van der Waals surface area contributed by atoms with Gasteiger partial charge in [-0.15, -0.1) is 0 Å². The average Bonchev–Trinajstić information content (AvgIpc) is 2.47. The monoisotopic (exact) mass is 280 g/mol. The normalized spacial score (nSPS) is 14.3. The lowest BCUT2D eigenvalue weighted by molar-refractivity contribution is -0.117. The molecule has 21 heavy (non-hydrogen) atoms. The third-order valence-electron chi connectivity index (χ3n) is 3.87. The number of hydrogen-bond donors (Lipinski definition) is 1. The lowest BCUT2D eigenvalue weighted by Gasteiger charge is -2.28. The molecule has 4 nitrogen and oxygen atoms in total. The average molecular weight is 280 g/mol. The molecule has 0 saturated carbocycles. The van der Waals surface area contributed by atoms with Gasteiger partial charge in [0, 0.05) is 12.1 Å². The van der Waals surface area contributed by atoms with E-state index in [0.29, 0.717) is 17.8 Å². The van der Waals surface area contributed by atoms with Gasteiger partial charge < -0.3 is 5.73 Å². The first kappa shape index (κ1) is 13.5. The molecule has 0 spiro atoms. The molecule has 4 heteroatoms. The topological polar surface area (TPSA) is 63.4 Å². The van der Waals surface area contributed by atoms with E-state index in [1.54, 1.807) is 12.1 Å². The van der Waals surface area contributed by atoms with Gasteiger partial charge in [0.25, 0.3) is 5.91 Å². The van der Waals surface area contributed by atoms with Gasteiger partial charge >= 0.3 is 0 Å². The van der Waals surface area contributed by atoms with Crippen molar-refractivity contribution in [3.8, 4) is 0 Å². The maximum absolute atomic E-state index is 12.7. The Morgan fingerprint density at radius 1 is 1.10 bits per heavy atom. The zero-order valence-corrected chi connectivity index (χ0v) is 11.8. The zero-order chi connectivity index (χ0) is 15.0. The number of imide groups is 1. The van der Waals surface area contributed by atoms with Crippen LogP contribution in [0.25, 0.3) is 0 Å². The molecular formula is C17H16N2O2. The predicted molar refractivity (Wildman–Crippen MR) is 81.0 cm³/mol. The van der Waals surface area contributed by atoms with Crippen LogP contribution in [0.2, 0.25) is 0 Å². The van der Waals surface area contributed by atoms with Crippen LogP contribution in [0.4, 0.5) is 5.69 Å². The molecule has 1 aliphatic rings. The van der Waals surface area contributed by atoms with Crippen molar-refractivity contribution in [3.63, 3.8) is 0 Å². The first-order valence-electron chi connectivity index (χ1n) is 6.87. The first-order valence-corrected chi connectivity index (χ1v) is 6.87. The van der Waals surface area contributed by atoms with Gasteiger partial charge in [0.05, 0.1) is 12.1 Å². The summed E-state index contributed by atoms with van der Waals surface area (Å²) in [5.41, 5.74) is 9.57. The largest absolute Gasteiger partial charge is 0.326 e. The Kier molecular flexibility index (Phi) is 3.31. The Morgan fingerprint density at radius 3 is 2.62 bits per heavy atom. The fourth-order valence-corrected chi connectivity index (χ4v) is 2.76. The number of anilines is 1. The van der Waals surface area contributed by atoms with E-state index in [4.69, 9.17) is 5.73 Å². The third kappa shape index (κ3) is 2.14. The maximum atomic E-state index is 12.7. The Bertz CT molecular complexity index is 737. The van der Waals surface area contributed by atoms with Gasteiger partial charge in [-0.2, -0.15) is 0 Å². The van der Waals surface area contributed by atoms with Crippen molar-refractivity contribution in [1.82, 2.24) is 0 Å². The van der Waals surface area contributed by atoms with Gasteiger partial charge in [-0.05, 0) is 35.7 Å². The molecule has 0 radical (unpaired) electrons. The predicted octanol–water partition coefficient (Wildman–Crippen LogP) is 2.18. The summed E-state index contributed by atoms with van der Waals surface area (Å²) in [5.74, 6) is -0.485. The highest BCUT2D eigenvalue weighted by molar-refractivity contribution is 6.25. The van der Waals surface area contributed by atoms with E-state index in [1.807, 2.05) is 37.3 Å². The minimum Gasteiger partial charge on any atom is -0.326 e. The smallest absolute Gasteiger partial charge is 0.265 e. The van der Waals surface area contributed by atoms with Gasteiger partial charge in [-0.3, -0.25) is 9.59 Å². The quantitative estimate of drug-likeness (QED) is 0.858. The van der Waals surface area contributed by atoms with E-state index >= 15 is 0 Å².